The molecule has 1 heterocycles. The highest BCUT2D eigenvalue weighted by atomic mass is 16.5. The molecule has 0 aromatic heterocycles. The molecule has 2 unspecified atom stereocenters. The Morgan fingerprint density at radius 1 is 1.36 bits per heavy atom. The summed E-state index contributed by atoms with van der Waals surface area (Å²) in [6.45, 7) is 5.62. The third-order valence-electron chi connectivity index (χ3n) is 2.85. The first-order valence-electron chi connectivity index (χ1n) is 4.33. The first-order valence-corrected chi connectivity index (χ1v) is 4.33. The lowest BCUT2D eigenvalue weighted by atomic mass is 10.0. The largest absolute Gasteiger partial charge is 0.381 e. The number of fused-ring (bicyclic) bond motifs is 1. The van der Waals surface area contributed by atoms with Gasteiger partial charge in [0.05, 0.1) is 13.2 Å². The average Bonchev–Trinajstić information content (AvgIpc) is 2.41. The summed E-state index contributed by atoms with van der Waals surface area (Å²) in [5.74, 6) is 2.20. The van der Waals surface area contributed by atoms with Crippen molar-refractivity contribution in [2.45, 2.75) is 13.8 Å². The van der Waals surface area contributed by atoms with Crippen LogP contribution in [0.4, 0.5) is 0 Å². The number of carbonyl (C=O) groups is 1. The molecule has 0 bridgehead atoms. The highest BCUT2D eigenvalue weighted by Crippen LogP contribution is 2.51. The molecule has 11 heavy (non-hydrogen) atoms. The summed E-state index contributed by atoms with van der Waals surface area (Å²) in [6.07, 6.45) is 0. The van der Waals surface area contributed by atoms with Gasteiger partial charge in [0.2, 0.25) is 0 Å². The summed E-state index contributed by atoms with van der Waals surface area (Å²) < 4.78 is 5.21. The summed E-state index contributed by atoms with van der Waals surface area (Å²) in [4.78, 5) is 11.5. The van der Waals surface area contributed by atoms with E-state index in [2.05, 4.69) is 0 Å². The zero-order valence-electron chi connectivity index (χ0n) is 7.04. The number of hydrogen-bond donors (Lipinski definition) is 0. The molecule has 0 aromatic rings. The quantitative estimate of drug-likeness (QED) is 0.595. The maximum absolute atomic E-state index is 11.5. The predicted molar refractivity (Wildman–Crippen MR) is 41.1 cm³/mol. The minimum absolute atomic E-state index is 0.214. The van der Waals surface area contributed by atoms with Gasteiger partial charge < -0.3 is 4.74 Å². The first-order chi connectivity index (χ1) is 5.22. The number of hydrogen-bond acceptors (Lipinski definition) is 2. The SMILES string of the molecule is CC(C)C(=O)C1C2COCC21. The summed E-state index contributed by atoms with van der Waals surface area (Å²) in [6, 6.07) is 0. The van der Waals surface area contributed by atoms with Crippen molar-refractivity contribution in [1.29, 1.82) is 0 Å². The van der Waals surface area contributed by atoms with Gasteiger partial charge in [0, 0.05) is 11.8 Å². The van der Waals surface area contributed by atoms with E-state index in [1.165, 1.54) is 0 Å². The lowest BCUT2D eigenvalue weighted by Gasteiger charge is -2.05. The van der Waals surface area contributed by atoms with E-state index in [1.807, 2.05) is 13.8 Å². The molecule has 2 heteroatoms. The topological polar surface area (TPSA) is 26.3 Å². The molecule has 0 radical (unpaired) electrons. The van der Waals surface area contributed by atoms with Crippen LogP contribution >= 0.6 is 0 Å². The predicted octanol–water partition coefficient (Wildman–Crippen LogP) is 1.10. The molecular weight excluding hydrogens is 140 g/mol. The Hall–Kier alpha value is -0.370. The van der Waals surface area contributed by atoms with E-state index in [4.69, 9.17) is 4.74 Å². The molecular formula is C9H14O2. The van der Waals surface area contributed by atoms with Crippen LogP contribution < -0.4 is 0 Å². The number of rotatable bonds is 2. The van der Waals surface area contributed by atoms with Gasteiger partial charge in [0.1, 0.15) is 5.78 Å². The second-order valence-electron chi connectivity index (χ2n) is 3.95. The van der Waals surface area contributed by atoms with Crippen LogP contribution in [0, 0.1) is 23.7 Å². The second-order valence-corrected chi connectivity index (χ2v) is 3.95. The molecule has 0 N–H and O–H groups in total. The van der Waals surface area contributed by atoms with Gasteiger partial charge in [0.25, 0.3) is 0 Å². The van der Waals surface area contributed by atoms with Crippen molar-refractivity contribution in [3.05, 3.63) is 0 Å². The first kappa shape index (κ1) is 7.29. The molecule has 0 spiro atoms. The second kappa shape index (κ2) is 2.31. The summed E-state index contributed by atoms with van der Waals surface area (Å²) in [7, 11) is 0. The van der Waals surface area contributed by atoms with Gasteiger partial charge in [-0.05, 0) is 11.8 Å². The summed E-state index contributed by atoms with van der Waals surface area (Å²) >= 11 is 0. The van der Waals surface area contributed by atoms with E-state index in [9.17, 15) is 4.79 Å². The number of Topliss-reactive ketones (excluding diaryl/α,β-unsaturated/α-hetero) is 1. The normalized spacial score (nSPS) is 40.8. The third kappa shape index (κ3) is 1.00. The van der Waals surface area contributed by atoms with Crippen molar-refractivity contribution in [3.8, 4) is 0 Å². The minimum atomic E-state index is 0.214. The summed E-state index contributed by atoms with van der Waals surface area (Å²) in [5.41, 5.74) is 0. The fourth-order valence-corrected chi connectivity index (χ4v) is 2.05. The van der Waals surface area contributed by atoms with Crippen molar-refractivity contribution in [2.75, 3.05) is 13.2 Å². The van der Waals surface area contributed by atoms with Gasteiger partial charge in [-0.15, -0.1) is 0 Å². The van der Waals surface area contributed by atoms with Gasteiger partial charge in [0.15, 0.2) is 0 Å². The Bertz CT molecular complexity index is 176. The average molecular weight is 154 g/mol. The molecule has 2 atom stereocenters. The van der Waals surface area contributed by atoms with E-state index < -0.39 is 0 Å². The molecule has 1 aliphatic heterocycles. The van der Waals surface area contributed by atoms with Gasteiger partial charge in [-0.25, -0.2) is 0 Å². The van der Waals surface area contributed by atoms with Gasteiger partial charge in [-0.1, -0.05) is 13.8 Å². The number of ether oxygens (including phenoxy) is 1. The van der Waals surface area contributed by atoms with Gasteiger partial charge in [-0.2, -0.15) is 0 Å². The Morgan fingerprint density at radius 3 is 2.36 bits per heavy atom. The molecule has 2 fully saturated rings. The number of carbonyl (C=O) groups excluding carboxylic acids is 1. The van der Waals surface area contributed by atoms with E-state index in [0.717, 1.165) is 13.2 Å². The van der Waals surface area contributed by atoms with E-state index >= 15 is 0 Å². The van der Waals surface area contributed by atoms with E-state index in [-0.39, 0.29) is 5.92 Å². The van der Waals surface area contributed by atoms with Crippen LogP contribution in [-0.4, -0.2) is 19.0 Å². The lowest BCUT2D eigenvalue weighted by Crippen LogP contribution is -2.14. The Labute approximate surface area is 66.9 Å². The van der Waals surface area contributed by atoms with Crippen LogP contribution in [0.5, 0.6) is 0 Å². The highest BCUT2D eigenvalue weighted by Gasteiger charge is 2.57. The van der Waals surface area contributed by atoms with Crippen LogP contribution in [-0.2, 0) is 9.53 Å². The minimum Gasteiger partial charge on any atom is -0.381 e. The van der Waals surface area contributed by atoms with Crippen molar-refractivity contribution in [3.63, 3.8) is 0 Å². The van der Waals surface area contributed by atoms with E-state index in [1.54, 1.807) is 0 Å². The van der Waals surface area contributed by atoms with Crippen LogP contribution in [0.25, 0.3) is 0 Å². The maximum Gasteiger partial charge on any atom is 0.139 e. The van der Waals surface area contributed by atoms with E-state index in [0.29, 0.717) is 23.5 Å². The van der Waals surface area contributed by atoms with Crippen molar-refractivity contribution >= 4 is 5.78 Å². The maximum atomic E-state index is 11.5. The Kier molecular flexibility index (Phi) is 1.53. The Balaban J connectivity index is 1.95. The fourth-order valence-electron chi connectivity index (χ4n) is 2.05. The summed E-state index contributed by atoms with van der Waals surface area (Å²) in [5, 5.41) is 0. The fraction of sp³-hybridized carbons (Fsp3) is 0.889. The zero-order valence-corrected chi connectivity index (χ0v) is 7.04. The molecule has 2 aliphatic rings. The third-order valence-corrected chi connectivity index (χ3v) is 2.85. The van der Waals surface area contributed by atoms with Crippen molar-refractivity contribution in [2.24, 2.45) is 23.7 Å². The lowest BCUT2D eigenvalue weighted by molar-refractivity contribution is -0.124. The van der Waals surface area contributed by atoms with Crippen LogP contribution in [0.3, 0.4) is 0 Å². The monoisotopic (exact) mass is 154 g/mol. The van der Waals surface area contributed by atoms with Gasteiger partial charge in [-0.3, -0.25) is 4.79 Å². The highest BCUT2D eigenvalue weighted by molar-refractivity contribution is 5.86. The molecule has 2 rings (SSSR count). The molecule has 0 amide bonds. The molecule has 1 saturated carbocycles. The van der Waals surface area contributed by atoms with Crippen LogP contribution in [0.1, 0.15) is 13.8 Å². The van der Waals surface area contributed by atoms with Crippen molar-refractivity contribution < 1.29 is 9.53 Å². The standard InChI is InChI=1S/C9H14O2/c1-5(2)9(10)8-6-3-11-4-7(6)8/h5-8H,3-4H2,1-2H3. The molecule has 0 aromatic carbocycles. The molecule has 1 saturated heterocycles. The van der Waals surface area contributed by atoms with Crippen LogP contribution in [0.2, 0.25) is 0 Å². The molecule has 2 nitrogen and oxygen atoms in total. The Morgan fingerprint density at radius 2 is 1.91 bits per heavy atom. The zero-order chi connectivity index (χ0) is 8.01. The van der Waals surface area contributed by atoms with Gasteiger partial charge >= 0.3 is 0 Å². The molecule has 1 aliphatic carbocycles. The molecule has 62 valence electrons. The van der Waals surface area contributed by atoms with Crippen molar-refractivity contribution in [1.82, 2.24) is 0 Å². The van der Waals surface area contributed by atoms with Crippen LogP contribution in [0.15, 0.2) is 0 Å². The smallest absolute Gasteiger partial charge is 0.139 e. The number of ketones is 1.